The molecule has 8 bridgehead atoms. The lowest BCUT2D eigenvalue weighted by Gasteiger charge is -2.24. The van der Waals surface area contributed by atoms with Crippen LogP contribution >= 0.6 is 0 Å². The Hall–Kier alpha value is -4.98. The van der Waals surface area contributed by atoms with Gasteiger partial charge in [0.1, 0.15) is 46.0 Å². The molecule has 2 atom stereocenters. The van der Waals surface area contributed by atoms with Crippen LogP contribution in [0.2, 0.25) is 0 Å². The van der Waals surface area contributed by atoms with Gasteiger partial charge in [-0.15, -0.1) is 0 Å². The van der Waals surface area contributed by atoms with Crippen LogP contribution in [0.3, 0.4) is 0 Å². The Morgan fingerprint density at radius 1 is 0.375 bits per heavy atom. The second-order valence-corrected chi connectivity index (χ2v) is 10.4. The Morgan fingerprint density at radius 3 is 0.875 bits per heavy atom. The number of phenolic OH excluding ortho intramolecular Hbond substituents is 8. The van der Waals surface area contributed by atoms with E-state index in [2.05, 4.69) is 6.58 Å². The van der Waals surface area contributed by atoms with E-state index in [1.807, 2.05) is 0 Å². The summed E-state index contributed by atoms with van der Waals surface area (Å²) in [6.45, 7) is 9.28. The fourth-order valence-electron chi connectivity index (χ4n) is 5.62. The molecule has 0 heterocycles. The van der Waals surface area contributed by atoms with Gasteiger partial charge < -0.3 is 40.9 Å². The van der Waals surface area contributed by atoms with Gasteiger partial charge in [-0.1, -0.05) is 27.4 Å². The fourth-order valence-corrected chi connectivity index (χ4v) is 5.62. The SMILES string of the molecule is C=C1c2cc(c(O)cc2O)C(C)c2cc(c(O)cc2O)C(C)c2cc(c(O)cc2O)C(C)c2cc1c(O)cc2O. The van der Waals surface area contributed by atoms with E-state index in [1.54, 1.807) is 32.9 Å². The average molecular weight is 543 g/mol. The summed E-state index contributed by atoms with van der Waals surface area (Å²) >= 11 is 0. The molecule has 0 spiro atoms. The highest BCUT2D eigenvalue weighted by atomic mass is 16.3. The van der Waals surface area contributed by atoms with Gasteiger partial charge in [0.15, 0.2) is 0 Å². The highest BCUT2D eigenvalue weighted by Gasteiger charge is 2.28. The standard InChI is InChI=1S/C32H30O8/c1-13-17-5-19(27(35)9-25(17)33)14(2)21-7-23(31(39)11-29(21)37)16(4)24-8-22(30(38)12-32(24)40)15(3)20-6-18(13)26(34)10-28(20)36/h5-12,14-16,33-40H,1H2,2-4H3. The highest BCUT2D eigenvalue weighted by Crippen LogP contribution is 2.48. The quantitative estimate of drug-likeness (QED) is 0.131. The summed E-state index contributed by atoms with van der Waals surface area (Å²) in [6.07, 6.45) is 0. The minimum absolute atomic E-state index is 0.198. The lowest BCUT2D eigenvalue weighted by Crippen LogP contribution is -2.06. The second kappa shape index (κ2) is 9.34. The first-order valence-corrected chi connectivity index (χ1v) is 12.7. The highest BCUT2D eigenvalue weighted by molar-refractivity contribution is 5.85. The van der Waals surface area contributed by atoms with Crippen molar-refractivity contribution in [2.75, 3.05) is 0 Å². The smallest absolute Gasteiger partial charge is 0.127 e. The molecule has 0 aliphatic heterocycles. The van der Waals surface area contributed by atoms with Gasteiger partial charge in [-0.2, -0.15) is 0 Å². The number of hydrogen-bond donors (Lipinski definition) is 8. The van der Waals surface area contributed by atoms with Gasteiger partial charge in [0.2, 0.25) is 0 Å². The van der Waals surface area contributed by atoms with Crippen LogP contribution in [-0.4, -0.2) is 40.9 Å². The Bertz CT molecular complexity index is 1580. The molecule has 1 aliphatic carbocycles. The fraction of sp³-hybridized carbons (Fsp3) is 0.188. The Labute approximate surface area is 230 Å². The first kappa shape index (κ1) is 26.6. The number of benzene rings is 4. The molecule has 206 valence electrons. The molecule has 0 fully saturated rings. The van der Waals surface area contributed by atoms with Crippen LogP contribution in [0.4, 0.5) is 0 Å². The van der Waals surface area contributed by atoms with Gasteiger partial charge in [0, 0.05) is 86.5 Å². The van der Waals surface area contributed by atoms with E-state index in [9.17, 15) is 40.9 Å². The lowest BCUT2D eigenvalue weighted by atomic mass is 9.82. The van der Waals surface area contributed by atoms with E-state index >= 15 is 0 Å². The summed E-state index contributed by atoms with van der Waals surface area (Å²) in [4.78, 5) is 0. The van der Waals surface area contributed by atoms with Gasteiger partial charge in [0.05, 0.1) is 0 Å². The first-order valence-electron chi connectivity index (χ1n) is 12.7. The third kappa shape index (κ3) is 4.09. The van der Waals surface area contributed by atoms with E-state index in [1.165, 1.54) is 24.3 Å². The molecule has 4 aromatic rings. The maximum atomic E-state index is 10.8. The number of hydrogen-bond acceptors (Lipinski definition) is 8. The maximum Gasteiger partial charge on any atom is 0.127 e. The maximum absolute atomic E-state index is 10.8. The van der Waals surface area contributed by atoms with Crippen LogP contribution in [0, 0.1) is 0 Å². The van der Waals surface area contributed by atoms with Gasteiger partial charge >= 0.3 is 0 Å². The number of aromatic hydroxyl groups is 8. The van der Waals surface area contributed by atoms with Crippen molar-refractivity contribution < 1.29 is 40.9 Å². The molecule has 8 nitrogen and oxygen atoms in total. The van der Waals surface area contributed by atoms with Crippen LogP contribution in [0.15, 0.2) is 55.1 Å². The number of fused-ring (bicyclic) bond motifs is 8. The van der Waals surface area contributed by atoms with Crippen molar-refractivity contribution in [1.29, 1.82) is 0 Å². The zero-order chi connectivity index (χ0) is 29.2. The Morgan fingerprint density at radius 2 is 0.600 bits per heavy atom. The Kier molecular flexibility index (Phi) is 6.22. The molecule has 8 heteroatoms. The van der Waals surface area contributed by atoms with Crippen LogP contribution in [0.25, 0.3) is 5.57 Å². The summed E-state index contributed by atoms with van der Waals surface area (Å²) in [5.74, 6) is -3.84. The minimum Gasteiger partial charge on any atom is -0.508 e. The number of rotatable bonds is 0. The summed E-state index contributed by atoms with van der Waals surface area (Å²) in [5.41, 5.74) is 2.76. The third-order valence-corrected chi connectivity index (χ3v) is 8.09. The molecule has 0 aromatic heterocycles. The molecule has 8 N–H and O–H groups in total. The third-order valence-electron chi connectivity index (χ3n) is 8.09. The first-order chi connectivity index (χ1) is 18.8. The van der Waals surface area contributed by atoms with Crippen molar-refractivity contribution in [3.63, 3.8) is 0 Å². The van der Waals surface area contributed by atoms with Crippen LogP contribution in [0.5, 0.6) is 46.0 Å². The summed E-state index contributed by atoms with van der Waals surface area (Å²) < 4.78 is 0. The number of phenols is 8. The Balaban J connectivity index is 1.89. The van der Waals surface area contributed by atoms with Crippen LogP contribution in [0.1, 0.15) is 83.0 Å². The van der Waals surface area contributed by atoms with E-state index in [0.717, 1.165) is 12.1 Å². The van der Waals surface area contributed by atoms with E-state index < -0.39 is 17.8 Å². The van der Waals surface area contributed by atoms with Crippen molar-refractivity contribution >= 4 is 5.57 Å². The van der Waals surface area contributed by atoms with Gasteiger partial charge in [-0.3, -0.25) is 0 Å². The molecule has 1 aliphatic rings. The summed E-state index contributed by atoms with van der Waals surface area (Å²) in [7, 11) is 0. The lowest BCUT2D eigenvalue weighted by molar-refractivity contribution is 0.431. The molecular formula is C32H30O8. The van der Waals surface area contributed by atoms with E-state index in [0.29, 0.717) is 33.4 Å². The summed E-state index contributed by atoms with van der Waals surface area (Å²) in [5, 5.41) is 86.3. The topological polar surface area (TPSA) is 162 Å². The monoisotopic (exact) mass is 542 g/mol. The van der Waals surface area contributed by atoms with E-state index in [-0.39, 0.29) is 62.7 Å². The van der Waals surface area contributed by atoms with Crippen molar-refractivity contribution in [2.45, 2.75) is 38.5 Å². The molecule has 5 rings (SSSR count). The normalized spacial score (nSPS) is 18.5. The molecule has 0 radical (unpaired) electrons. The van der Waals surface area contributed by atoms with Crippen molar-refractivity contribution in [3.8, 4) is 46.0 Å². The minimum atomic E-state index is -0.639. The van der Waals surface area contributed by atoms with Gasteiger partial charge in [0.25, 0.3) is 0 Å². The zero-order valence-corrected chi connectivity index (χ0v) is 22.1. The molecule has 2 unspecified atom stereocenters. The second-order valence-electron chi connectivity index (χ2n) is 10.4. The predicted octanol–water partition coefficient (Wildman–Crippen LogP) is 6.16. The van der Waals surface area contributed by atoms with E-state index in [4.69, 9.17) is 0 Å². The molecule has 40 heavy (non-hydrogen) atoms. The molecule has 4 aromatic carbocycles. The molecule has 0 saturated carbocycles. The van der Waals surface area contributed by atoms with Gasteiger partial charge in [-0.05, 0) is 29.8 Å². The average Bonchev–Trinajstić information content (AvgIpc) is 2.87. The van der Waals surface area contributed by atoms with Crippen LogP contribution < -0.4 is 0 Å². The molecular weight excluding hydrogens is 512 g/mol. The van der Waals surface area contributed by atoms with Crippen molar-refractivity contribution in [3.05, 3.63) is 99.6 Å². The molecule has 0 saturated heterocycles. The molecule has 0 amide bonds. The van der Waals surface area contributed by atoms with Crippen LogP contribution in [-0.2, 0) is 0 Å². The zero-order valence-electron chi connectivity index (χ0n) is 22.1. The van der Waals surface area contributed by atoms with Gasteiger partial charge in [-0.25, -0.2) is 0 Å². The van der Waals surface area contributed by atoms with Crippen molar-refractivity contribution in [1.82, 2.24) is 0 Å². The largest absolute Gasteiger partial charge is 0.508 e. The summed E-state index contributed by atoms with van der Waals surface area (Å²) in [6, 6.07) is 10.9. The van der Waals surface area contributed by atoms with Crippen molar-refractivity contribution in [2.24, 2.45) is 0 Å². The predicted molar refractivity (Wildman–Crippen MR) is 150 cm³/mol.